The van der Waals surface area contributed by atoms with Crippen molar-refractivity contribution in [2.75, 3.05) is 6.54 Å². The second-order valence-electron chi connectivity index (χ2n) is 5.81. The third-order valence-electron chi connectivity index (χ3n) is 4.07. The highest BCUT2D eigenvalue weighted by molar-refractivity contribution is 5.86. The molecule has 1 aromatic rings. The first-order valence-electron chi connectivity index (χ1n) is 7.82. The maximum atomic E-state index is 12.6. The van der Waals surface area contributed by atoms with E-state index in [1.54, 1.807) is 11.8 Å². The summed E-state index contributed by atoms with van der Waals surface area (Å²) in [5.41, 5.74) is 6.31. The van der Waals surface area contributed by atoms with Crippen molar-refractivity contribution in [3.05, 3.63) is 35.9 Å². The molecule has 120 valence electrons. The van der Waals surface area contributed by atoms with Crippen LogP contribution in [0.15, 0.2) is 30.3 Å². The van der Waals surface area contributed by atoms with Crippen molar-refractivity contribution < 1.29 is 14.3 Å². The minimum atomic E-state index is -0.583. The molecule has 5 nitrogen and oxygen atoms in total. The highest BCUT2D eigenvalue weighted by Gasteiger charge is 2.30. The molecule has 0 spiro atoms. The maximum absolute atomic E-state index is 12.6. The molecule has 22 heavy (non-hydrogen) atoms. The first-order valence-corrected chi connectivity index (χ1v) is 7.82. The lowest BCUT2D eigenvalue weighted by Crippen LogP contribution is -2.48. The molecule has 0 aromatic heterocycles. The normalized spacial score (nSPS) is 16.4. The summed E-state index contributed by atoms with van der Waals surface area (Å²) in [6.07, 6.45) is 3.47. The molecule has 1 aromatic carbocycles. The lowest BCUT2D eigenvalue weighted by atomic mass is 10.2. The number of benzene rings is 1. The van der Waals surface area contributed by atoms with Crippen LogP contribution in [0.5, 0.6) is 0 Å². The molecule has 0 radical (unpaired) electrons. The zero-order valence-corrected chi connectivity index (χ0v) is 13.0. The van der Waals surface area contributed by atoms with E-state index >= 15 is 0 Å². The van der Waals surface area contributed by atoms with E-state index in [2.05, 4.69) is 0 Å². The van der Waals surface area contributed by atoms with E-state index < -0.39 is 12.0 Å². The van der Waals surface area contributed by atoms with Gasteiger partial charge in [-0.25, -0.2) is 0 Å². The molecule has 1 aliphatic rings. The first kappa shape index (κ1) is 16.5. The highest BCUT2D eigenvalue weighted by atomic mass is 16.5. The van der Waals surface area contributed by atoms with Gasteiger partial charge in [-0.1, -0.05) is 43.2 Å². The first-order chi connectivity index (χ1) is 10.6. The van der Waals surface area contributed by atoms with Gasteiger partial charge in [0.15, 0.2) is 0 Å². The van der Waals surface area contributed by atoms with Crippen molar-refractivity contribution >= 4 is 11.8 Å². The number of hydrogen-bond acceptors (Lipinski definition) is 3. The van der Waals surface area contributed by atoms with Gasteiger partial charge in [0.1, 0.15) is 6.10 Å². The van der Waals surface area contributed by atoms with Crippen molar-refractivity contribution in [1.82, 2.24) is 4.90 Å². The molecule has 1 aliphatic carbocycles. The Balaban J connectivity index is 1.94. The number of carbonyl (C=O) groups excluding carboxylic acids is 2. The molecule has 0 aliphatic heterocycles. The predicted molar refractivity (Wildman–Crippen MR) is 83.9 cm³/mol. The molecule has 1 atom stereocenters. The van der Waals surface area contributed by atoms with Crippen LogP contribution >= 0.6 is 0 Å². The van der Waals surface area contributed by atoms with Crippen LogP contribution in [-0.4, -0.2) is 35.4 Å². The van der Waals surface area contributed by atoms with Gasteiger partial charge in [0.2, 0.25) is 5.91 Å². The fraction of sp³-hybridized carbons (Fsp3) is 0.529. The summed E-state index contributed by atoms with van der Waals surface area (Å²) in [6.45, 7) is 2.08. The average Bonchev–Trinajstić information content (AvgIpc) is 3.04. The predicted octanol–water partition coefficient (Wildman–Crippen LogP) is 1.85. The summed E-state index contributed by atoms with van der Waals surface area (Å²) in [5, 5.41) is 0. The number of nitrogens with two attached hydrogens (primary N) is 1. The monoisotopic (exact) mass is 304 g/mol. The van der Waals surface area contributed by atoms with E-state index in [4.69, 9.17) is 10.5 Å². The van der Waals surface area contributed by atoms with E-state index in [-0.39, 0.29) is 18.5 Å². The quantitative estimate of drug-likeness (QED) is 0.835. The van der Waals surface area contributed by atoms with E-state index in [1.807, 2.05) is 30.3 Å². The van der Waals surface area contributed by atoms with Gasteiger partial charge in [-0.05, 0) is 25.3 Å². The molecule has 2 N–H and O–H groups in total. The number of primary amides is 1. The van der Waals surface area contributed by atoms with E-state index in [9.17, 15) is 9.59 Å². The van der Waals surface area contributed by atoms with Crippen LogP contribution in [0.4, 0.5) is 0 Å². The number of ether oxygens (including phenoxy) is 1. The molecule has 0 bridgehead atoms. The van der Waals surface area contributed by atoms with Gasteiger partial charge in [0.05, 0.1) is 13.2 Å². The second kappa shape index (κ2) is 7.94. The molecule has 1 fully saturated rings. The van der Waals surface area contributed by atoms with Gasteiger partial charge < -0.3 is 15.4 Å². The maximum Gasteiger partial charge on any atom is 0.252 e. The van der Waals surface area contributed by atoms with Gasteiger partial charge >= 0.3 is 0 Å². The van der Waals surface area contributed by atoms with Crippen molar-refractivity contribution in [1.29, 1.82) is 0 Å². The Bertz CT molecular complexity index is 498. The van der Waals surface area contributed by atoms with Gasteiger partial charge in [0.25, 0.3) is 5.91 Å². The molecule has 2 rings (SSSR count). The molecule has 0 saturated heterocycles. The third kappa shape index (κ3) is 4.56. The topological polar surface area (TPSA) is 72.6 Å². The lowest BCUT2D eigenvalue weighted by molar-refractivity contribution is -0.148. The highest BCUT2D eigenvalue weighted by Crippen LogP contribution is 2.24. The van der Waals surface area contributed by atoms with Gasteiger partial charge in [0, 0.05) is 6.04 Å². The Morgan fingerprint density at radius 1 is 1.27 bits per heavy atom. The van der Waals surface area contributed by atoms with E-state index in [1.165, 1.54) is 0 Å². The summed E-state index contributed by atoms with van der Waals surface area (Å²) in [6, 6.07) is 9.83. The minimum Gasteiger partial charge on any atom is -0.368 e. The van der Waals surface area contributed by atoms with Crippen molar-refractivity contribution in [3.63, 3.8) is 0 Å². The summed E-state index contributed by atoms with van der Waals surface area (Å²) in [7, 11) is 0. The Morgan fingerprint density at radius 3 is 2.50 bits per heavy atom. The summed E-state index contributed by atoms with van der Waals surface area (Å²) in [4.78, 5) is 25.4. The SMILES string of the molecule is C[C@@H](OCc1ccccc1)C(=O)N(CC(N)=O)C1CCCC1. The van der Waals surface area contributed by atoms with Crippen LogP contribution in [0.1, 0.15) is 38.2 Å². The average molecular weight is 304 g/mol. The Hall–Kier alpha value is -1.88. The number of carbonyl (C=O) groups is 2. The Morgan fingerprint density at radius 2 is 1.91 bits per heavy atom. The summed E-state index contributed by atoms with van der Waals surface area (Å²) >= 11 is 0. The second-order valence-corrected chi connectivity index (χ2v) is 5.81. The van der Waals surface area contributed by atoms with E-state index in [0.29, 0.717) is 6.61 Å². The van der Waals surface area contributed by atoms with Crippen LogP contribution in [0.3, 0.4) is 0 Å². The molecule has 0 unspecified atom stereocenters. The van der Waals surface area contributed by atoms with Gasteiger partial charge in [-0.3, -0.25) is 9.59 Å². The van der Waals surface area contributed by atoms with Crippen LogP contribution in [-0.2, 0) is 20.9 Å². The zero-order chi connectivity index (χ0) is 15.9. The third-order valence-corrected chi connectivity index (χ3v) is 4.07. The van der Waals surface area contributed by atoms with Crippen molar-refractivity contribution in [3.8, 4) is 0 Å². The van der Waals surface area contributed by atoms with Gasteiger partial charge in [-0.15, -0.1) is 0 Å². The number of rotatable bonds is 7. The van der Waals surface area contributed by atoms with Gasteiger partial charge in [-0.2, -0.15) is 0 Å². The lowest BCUT2D eigenvalue weighted by Gasteiger charge is -2.30. The molecule has 1 saturated carbocycles. The number of hydrogen-bond donors (Lipinski definition) is 1. The van der Waals surface area contributed by atoms with Crippen LogP contribution in [0.2, 0.25) is 0 Å². The Labute approximate surface area is 131 Å². The fourth-order valence-electron chi connectivity index (χ4n) is 2.87. The molecule has 5 heteroatoms. The fourth-order valence-corrected chi connectivity index (χ4v) is 2.87. The van der Waals surface area contributed by atoms with Crippen LogP contribution in [0.25, 0.3) is 0 Å². The largest absolute Gasteiger partial charge is 0.368 e. The summed E-state index contributed by atoms with van der Waals surface area (Å²) < 4.78 is 5.67. The minimum absolute atomic E-state index is 0.0253. The molecular weight excluding hydrogens is 280 g/mol. The summed E-state index contributed by atoms with van der Waals surface area (Å²) in [5.74, 6) is -0.628. The van der Waals surface area contributed by atoms with E-state index in [0.717, 1.165) is 31.2 Å². The molecule has 2 amide bonds. The van der Waals surface area contributed by atoms with Crippen molar-refractivity contribution in [2.24, 2.45) is 5.73 Å². The number of nitrogens with zero attached hydrogens (tertiary/aromatic N) is 1. The van der Waals surface area contributed by atoms with Crippen LogP contribution in [0, 0.1) is 0 Å². The molecular formula is C17H24N2O3. The van der Waals surface area contributed by atoms with Crippen LogP contribution < -0.4 is 5.73 Å². The Kier molecular flexibility index (Phi) is 5.95. The zero-order valence-electron chi connectivity index (χ0n) is 13.0. The van der Waals surface area contributed by atoms with Crippen molar-refractivity contribution in [2.45, 2.75) is 51.4 Å². The smallest absolute Gasteiger partial charge is 0.252 e. The molecule has 0 heterocycles. The standard InChI is InChI=1S/C17H24N2O3/c1-13(22-12-14-7-3-2-4-8-14)17(21)19(11-16(18)20)15-9-5-6-10-15/h2-4,7-8,13,15H,5-6,9-12H2,1H3,(H2,18,20)/t13-/m1/s1. The number of amides is 2.